The first-order valence-corrected chi connectivity index (χ1v) is 3.46. The Morgan fingerprint density at radius 3 is 2.91 bits per heavy atom. The van der Waals surface area contributed by atoms with E-state index in [0.29, 0.717) is 12.1 Å². The van der Waals surface area contributed by atoms with Crippen molar-refractivity contribution in [1.29, 1.82) is 0 Å². The van der Waals surface area contributed by atoms with E-state index in [1.54, 1.807) is 6.92 Å². The minimum Gasteiger partial charge on any atom is -0.300 e. The predicted molar refractivity (Wildman–Crippen MR) is 43.1 cm³/mol. The molecule has 0 amide bonds. The van der Waals surface area contributed by atoms with Crippen molar-refractivity contribution in [2.24, 2.45) is 0 Å². The number of rotatable bonds is 2. The van der Waals surface area contributed by atoms with Crippen LogP contribution in [-0.2, 0) is 11.2 Å². The van der Waals surface area contributed by atoms with E-state index >= 15 is 0 Å². The lowest BCUT2D eigenvalue weighted by atomic mass is 10.2. The highest BCUT2D eigenvalue weighted by molar-refractivity contribution is 5.77. The van der Waals surface area contributed by atoms with Crippen molar-refractivity contribution >= 4 is 5.78 Å². The van der Waals surface area contributed by atoms with Crippen molar-refractivity contribution < 1.29 is 4.79 Å². The lowest BCUT2D eigenvalue weighted by molar-refractivity contribution is -0.116. The molecule has 0 aliphatic rings. The van der Waals surface area contributed by atoms with E-state index < -0.39 is 0 Å². The highest BCUT2D eigenvalue weighted by Gasteiger charge is 1.97. The van der Waals surface area contributed by atoms with Gasteiger partial charge in [0.05, 0.1) is 0 Å². The first kappa shape index (κ1) is 7.92. The van der Waals surface area contributed by atoms with E-state index in [9.17, 15) is 4.79 Å². The van der Waals surface area contributed by atoms with Gasteiger partial charge in [-0.05, 0) is 26.0 Å². The SMILES string of the molecule is [CH2]c1cccc(CC(C)=O)n1. The molecule has 0 unspecified atom stereocenters. The molecule has 0 fully saturated rings. The molecule has 0 bridgehead atoms. The Balaban J connectivity index is 2.79. The van der Waals surface area contributed by atoms with Crippen LogP contribution in [-0.4, -0.2) is 10.8 Å². The summed E-state index contributed by atoms with van der Waals surface area (Å²) in [5.74, 6) is 0.128. The lowest BCUT2D eigenvalue weighted by Crippen LogP contribution is -1.99. The molecule has 1 aromatic heterocycles. The van der Waals surface area contributed by atoms with Gasteiger partial charge in [-0.2, -0.15) is 0 Å². The molecule has 0 aliphatic heterocycles. The number of aromatic nitrogens is 1. The molecule has 0 N–H and O–H groups in total. The maximum Gasteiger partial charge on any atom is 0.135 e. The van der Waals surface area contributed by atoms with Crippen LogP contribution in [0.1, 0.15) is 18.3 Å². The molecule has 57 valence electrons. The third-order valence-corrected chi connectivity index (χ3v) is 1.29. The number of pyridine rings is 1. The van der Waals surface area contributed by atoms with Gasteiger partial charge >= 0.3 is 0 Å². The second-order valence-electron chi connectivity index (χ2n) is 2.50. The molecule has 0 saturated carbocycles. The summed E-state index contributed by atoms with van der Waals surface area (Å²) in [5, 5.41) is 0. The Morgan fingerprint density at radius 1 is 1.64 bits per heavy atom. The van der Waals surface area contributed by atoms with Gasteiger partial charge in [0.2, 0.25) is 0 Å². The summed E-state index contributed by atoms with van der Waals surface area (Å²) in [6.07, 6.45) is 0.406. The number of nitrogens with zero attached hydrogens (tertiary/aromatic N) is 1. The van der Waals surface area contributed by atoms with Crippen LogP contribution in [0.5, 0.6) is 0 Å². The fourth-order valence-corrected chi connectivity index (χ4v) is 0.883. The zero-order valence-electron chi connectivity index (χ0n) is 6.50. The van der Waals surface area contributed by atoms with Crippen LogP contribution in [0, 0.1) is 6.92 Å². The van der Waals surface area contributed by atoms with Crippen molar-refractivity contribution in [3.63, 3.8) is 0 Å². The summed E-state index contributed by atoms with van der Waals surface area (Å²) in [4.78, 5) is 14.7. The Labute approximate surface area is 66.3 Å². The van der Waals surface area contributed by atoms with E-state index in [-0.39, 0.29) is 5.78 Å². The topological polar surface area (TPSA) is 30.0 Å². The smallest absolute Gasteiger partial charge is 0.135 e. The Morgan fingerprint density at radius 2 is 2.36 bits per heavy atom. The molecule has 11 heavy (non-hydrogen) atoms. The second-order valence-corrected chi connectivity index (χ2v) is 2.50. The molecule has 1 aromatic rings. The van der Waals surface area contributed by atoms with E-state index in [1.807, 2.05) is 18.2 Å². The summed E-state index contributed by atoms with van der Waals surface area (Å²) in [6.45, 7) is 5.22. The first-order chi connectivity index (χ1) is 5.18. The number of hydrogen-bond acceptors (Lipinski definition) is 2. The summed E-state index contributed by atoms with van der Waals surface area (Å²) < 4.78 is 0. The van der Waals surface area contributed by atoms with Crippen LogP contribution in [0.2, 0.25) is 0 Å². The minimum atomic E-state index is 0.128. The average molecular weight is 148 g/mol. The van der Waals surface area contributed by atoms with Crippen molar-refractivity contribution in [2.45, 2.75) is 13.3 Å². The summed E-state index contributed by atoms with van der Waals surface area (Å²) >= 11 is 0. The fourth-order valence-electron chi connectivity index (χ4n) is 0.883. The van der Waals surface area contributed by atoms with Gasteiger partial charge in [0.25, 0.3) is 0 Å². The Bertz CT molecular complexity index is 268. The number of hydrogen-bond donors (Lipinski definition) is 0. The third kappa shape index (κ3) is 2.50. The quantitative estimate of drug-likeness (QED) is 0.634. The third-order valence-electron chi connectivity index (χ3n) is 1.29. The molecule has 1 rings (SSSR count). The van der Waals surface area contributed by atoms with Crippen LogP contribution < -0.4 is 0 Å². The van der Waals surface area contributed by atoms with Crippen molar-refractivity contribution in [2.75, 3.05) is 0 Å². The monoisotopic (exact) mass is 148 g/mol. The van der Waals surface area contributed by atoms with Crippen LogP contribution in [0.15, 0.2) is 18.2 Å². The number of Topliss-reactive ketones (excluding diaryl/α,β-unsaturated/α-hetero) is 1. The van der Waals surface area contributed by atoms with Gasteiger partial charge in [0.15, 0.2) is 0 Å². The zero-order valence-corrected chi connectivity index (χ0v) is 6.50. The van der Waals surface area contributed by atoms with E-state index in [4.69, 9.17) is 0 Å². The predicted octanol–water partition coefficient (Wildman–Crippen LogP) is 1.40. The maximum absolute atomic E-state index is 10.7. The highest BCUT2D eigenvalue weighted by atomic mass is 16.1. The number of carbonyl (C=O) groups excluding carboxylic acids is 1. The molecule has 0 spiro atoms. The standard InChI is InChI=1S/C9H10NO/c1-7-4-3-5-9(10-7)6-8(2)11/h3-5H,1,6H2,2H3. The van der Waals surface area contributed by atoms with Crippen molar-refractivity contribution in [3.8, 4) is 0 Å². The van der Waals surface area contributed by atoms with Gasteiger partial charge in [0.1, 0.15) is 5.78 Å². The van der Waals surface area contributed by atoms with Gasteiger partial charge < -0.3 is 0 Å². The molecule has 0 saturated heterocycles. The van der Waals surface area contributed by atoms with E-state index in [2.05, 4.69) is 11.9 Å². The number of carbonyl (C=O) groups is 1. The van der Waals surface area contributed by atoms with Crippen molar-refractivity contribution in [1.82, 2.24) is 4.98 Å². The molecule has 1 heterocycles. The Hall–Kier alpha value is -1.18. The van der Waals surface area contributed by atoms with Crippen LogP contribution in [0.3, 0.4) is 0 Å². The van der Waals surface area contributed by atoms with Crippen LogP contribution in [0.25, 0.3) is 0 Å². The van der Waals surface area contributed by atoms with E-state index in [0.717, 1.165) is 5.69 Å². The summed E-state index contributed by atoms with van der Waals surface area (Å²) in [5.41, 5.74) is 1.51. The zero-order chi connectivity index (χ0) is 8.27. The molecular formula is C9H10NO. The molecule has 2 nitrogen and oxygen atoms in total. The van der Waals surface area contributed by atoms with E-state index in [1.165, 1.54) is 0 Å². The number of ketones is 1. The molecule has 2 heteroatoms. The lowest BCUT2D eigenvalue weighted by Gasteiger charge is -1.96. The van der Waals surface area contributed by atoms with Gasteiger partial charge in [-0.3, -0.25) is 9.78 Å². The second kappa shape index (κ2) is 3.28. The fraction of sp³-hybridized carbons (Fsp3) is 0.222. The summed E-state index contributed by atoms with van der Waals surface area (Å²) in [7, 11) is 0. The normalized spacial score (nSPS) is 9.64. The van der Waals surface area contributed by atoms with Crippen LogP contribution in [0.4, 0.5) is 0 Å². The largest absolute Gasteiger partial charge is 0.300 e. The molecule has 1 radical (unpaired) electrons. The van der Waals surface area contributed by atoms with Gasteiger partial charge in [0, 0.05) is 17.8 Å². The van der Waals surface area contributed by atoms with Gasteiger partial charge in [-0.1, -0.05) is 6.07 Å². The Kier molecular flexibility index (Phi) is 2.36. The van der Waals surface area contributed by atoms with Crippen molar-refractivity contribution in [3.05, 3.63) is 36.5 Å². The highest BCUT2D eigenvalue weighted by Crippen LogP contribution is 1.98. The summed E-state index contributed by atoms with van der Waals surface area (Å²) in [6, 6.07) is 5.49. The minimum absolute atomic E-state index is 0.128. The van der Waals surface area contributed by atoms with Gasteiger partial charge in [-0.15, -0.1) is 0 Å². The molecule has 0 aliphatic carbocycles. The maximum atomic E-state index is 10.7. The molecular weight excluding hydrogens is 138 g/mol. The van der Waals surface area contributed by atoms with Gasteiger partial charge in [-0.25, -0.2) is 0 Å². The molecule has 0 aromatic carbocycles. The average Bonchev–Trinajstić information content (AvgIpc) is 1.85. The molecule has 0 atom stereocenters. The van der Waals surface area contributed by atoms with Crippen LogP contribution >= 0.6 is 0 Å². The first-order valence-electron chi connectivity index (χ1n) is 3.46.